The highest BCUT2D eigenvalue weighted by Crippen LogP contribution is 2.35. The zero-order valence-corrected chi connectivity index (χ0v) is 25.7. The number of benzene rings is 2. The number of anilines is 1. The van der Waals surface area contributed by atoms with Crippen LogP contribution >= 0.6 is 23.2 Å². The van der Waals surface area contributed by atoms with Crippen molar-refractivity contribution in [3.63, 3.8) is 0 Å². The molecule has 1 heterocycles. The van der Waals surface area contributed by atoms with Gasteiger partial charge in [0.05, 0.1) is 21.5 Å². The average Bonchev–Trinajstić information content (AvgIpc) is 2.97. The summed E-state index contributed by atoms with van der Waals surface area (Å²) in [5, 5.41) is 3.82. The molecular formula is C29H37Cl2N3O6S. The third kappa shape index (κ3) is 7.78. The summed E-state index contributed by atoms with van der Waals surface area (Å²) in [6.07, 6.45) is 5.38. The predicted octanol–water partition coefficient (Wildman–Crippen LogP) is 5.18. The largest absolute Gasteiger partial charge is 0.486 e. The quantitative estimate of drug-likeness (QED) is 0.369. The van der Waals surface area contributed by atoms with Gasteiger partial charge in [-0.1, -0.05) is 55.5 Å². The lowest BCUT2D eigenvalue weighted by atomic mass is 9.95. The van der Waals surface area contributed by atoms with Gasteiger partial charge >= 0.3 is 0 Å². The molecule has 2 amide bonds. The predicted molar refractivity (Wildman–Crippen MR) is 160 cm³/mol. The van der Waals surface area contributed by atoms with E-state index in [0.29, 0.717) is 46.7 Å². The SMILES string of the molecule is CC[C@@H](C(=O)NC1CCCCC1)N(Cc1ccc(Cl)c(Cl)c1)C(=O)CN(c1ccc2c(c1)OCCO2)S(=O)(=O)CC. The van der Waals surface area contributed by atoms with E-state index in [4.69, 9.17) is 32.7 Å². The number of ether oxygens (including phenoxy) is 2. The van der Waals surface area contributed by atoms with Crippen molar-refractivity contribution < 1.29 is 27.5 Å². The molecule has 1 saturated carbocycles. The van der Waals surface area contributed by atoms with E-state index in [2.05, 4.69) is 5.32 Å². The topological polar surface area (TPSA) is 105 Å². The zero-order chi connectivity index (χ0) is 29.6. The first-order valence-electron chi connectivity index (χ1n) is 14.1. The van der Waals surface area contributed by atoms with Crippen LogP contribution in [0.25, 0.3) is 0 Å². The van der Waals surface area contributed by atoms with E-state index in [0.717, 1.165) is 36.4 Å². The fraction of sp³-hybridized carbons (Fsp3) is 0.517. The molecule has 0 bridgehead atoms. The van der Waals surface area contributed by atoms with Crippen LogP contribution in [0.1, 0.15) is 57.9 Å². The van der Waals surface area contributed by atoms with E-state index in [1.165, 1.54) is 11.8 Å². The van der Waals surface area contributed by atoms with E-state index in [1.54, 1.807) is 36.4 Å². The molecule has 4 rings (SSSR count). The molecular weight excluding hydrogens is 589 g/mol. The summed E-state index contributed by atoms with van der Waals surface area (Å²) in [5.41, 5.74) is 0.944. The average molecular weight is 627 g/mol. The molecule has 1 aliphatic heterocycles. The van der Waals surface area contributed by atoms with Crippen molar-refractivity contribution >= 4 is 50.7 Å². The monoisotopic (exact) mass is 625 g/mol. The Kier molecular flexibility index (Phi) is 10.7. The normalized spacial score (nSPS) is 16.1. The Morgan fingerprint density at radius 3 is 2.34 bits per heavy atom. The van der Waals surface area contributed by atoms with Gasteiger partial charge in [0.15, 0.2) is 11.5 Å². The minimum Gasteiger partial charge on any atom is -0.486 e. The fourth-order valence-corrected chi connectivity index (χ4v) is 6.58. The Morgan fingerprint density at radius 1 is 0.976 bits per heavy atom. The Bertz CT molecular complexity index is 1350. The molecule has 0 unspecified atom stereocenters. The van der Waals surface area contributed by atoms with Gasteiger partial charge in [-0.3, -0.25) is 13.9 Å². The Labute approximate surface area is 252 Å². The van der Waals surface area contributed by atoms with Crippen LogP contribution in [-0.4, -0.2) is 62.7 Å². The minimum absolute atomic E-state index is 0.0491. The number of amides is 2. The molecule has 1 aliphatic carbocycles. The highest BCUT2D eigenvalue weighted by Gasteiger charge is 2.34. The van der Waals surface area contributed by atoms with Crippen LogP contribution in [0.4, 0.5) is 5.69 Å². The van der Waals surface area contributed by atoms with Crippen LogP contribution in [0.2, 0.25) is 10.0 Å². The molecule has 2 aromatic rings. The third-order valence-electron chi connectivity index (χ3n) is 7.47. The molecule has 1 atom stereocenters. The Morgan fingerprint density at radius 2 is 1.68 bits per heavy atom. The number of nitrogens with zero attached hydrogens (tertiary/aromatic N) is 2. The minimum atomic E-state index is -3.88. The van der Waals surface area contributed by atoms with E-state index in [9.17, 15) is 18.0 Å². The summed E-state index contributed by atoms with van der Waals surface area (Å²) in [6, 6.07) is 9.04. The van der Waals surface area contributed by atoms with Gasteiger partial charge in [-0.25, -0.2) is 8.42 Å². The van der Waals surface area contributed by atoms with E-state index >= 15 is 0 Å². The lowest BCUT2D eigenvalue weighted by Crippen LogP contribution is -2.54. The molecule has 12 heteroatoms. The molecule has 41 heavy (non-hydrogen) atoms. The van der Waals surface area contributed by atoms with Crippen LogP contribution in [-0.2, 0) is 26.2 Å². The van der Waals surface area contributed by atoms with Gasteiger partial charge < -0.3 is 19.7 Å². The van der Waals surface area contributed by atoms with Gasteiger partial charge in [-0.2, -0.15) is 0 Å². The summed E-state index contributed by atoms with van der Waals surface area (Å²) in [7, 11) is -3.88. The van der Waals surface area contributed by atoms with E-state index < -0.39 is 28.5 Å². The summed E-state index contributed by atoms with van der Waals surface area (Å²) in [4.78, 5) is 29.0. The molecule has 1 fully saturated rings. The van der Waals surface area contributed by atoms with Crippen molar-refractivity contribution in [2.24, 2.45) is 0 Å². The summed E-state index contributed by atoms with van der Waals surface area (Å²) >= 11 is 12.4. The second kappa shape index (κ2) is 14.0. The van der Waals surface area contributed by atoms with Crippen LogP contribution in [0.15, 0.2) is 36.4 Å². The maximum Gasteiger partial charge on any atom is 0.244 e. The molecule has 9 nitrogen and oxygen atoms in total. The van der Waals surface area contributed by atoms with Crippen LogP contribution in [0, 0.1) is 0 Å². The maximum absolute atomic E-state index is 14.1. The smallest absolute Gasteiger partial charge is 0.244 e. The number of carbonyl (C=O) groups is 2. The first-order valence-corrected chi connectivity index (χ1v) is 16.4. The molecule has 1 N–H and O–H groups in total. The number of fused-ring (bicyclic) bond motifs is 1. The van der Waals surface area contributed by atoms with Gasteiger partial charge in [0.25, 0.3) is 0 Å². The molecule has 0 radical (unpaired) electrons. The van der Waals surface area contributed by atoms with Crippen molar-refractivity contribution in [1.82, 2.24) is 10.2 Å². The molecule has 2 aromatic carbocycles. The molecule has 224 valence electrons. The van der Waals surface area contributed by atoms with Crippen LogP contribution in [0.5, 0.6) is 11.5 Å². The van der Waals surface area contributed by atoms with Crippen molar-refractivity contribution in [2.45, 2.75) is 71.0 Å². The van der Waals surface area contributed by atoms with Crippen molar-refractivity contribution in [3.05, 3.63) is 52.0 Å². The van der Waals surface area contributed by atoms with Crippen molar-refractivity contribution in [3.8, 4) is 11.5 Å². The highest BCUT2D eigenvalue weighted by molar-refractivity contribution is 7.92. The maximum atomic E-state index is 14.1. The first-order chi connectivity index (χ1) is 19.6. The number of hydrogen-bond acceptors (Lipinski definition) is 6. The van der Waals surface area contributed by atoms with Crippen molar-refractivity contribution in [2.75, 3.05) is 29.8 Å². The van der Waals surface area contributed by atoms with Crippen molar-refractivity contribution in [1.29, 1.82) is 0 Å². The number of hydrogen-bond donors (Lipinski definition) is 1. The number of carbonyl (C=O) groups excluding carboxylic acids is 2. The van der Waals surface area contributed by atoms with Gasteiger partial charge in [0, 0.05) is 18.7 Å². The van der Waals surface area contributed by atoms with Gasteiger partial charge in [0.2, 0.25) is 21.8 Å². The molecule has 0 spiro atoms. The standard InChI is InChI=1S/C29H37Cl2N3O6S/c1-3-25(29(36)32-21-8-6-5-7-9-21)33(18-20-10-12-23(30)24(31)16-20)28(35)19-34(41(37,38)4-2)22-11-13-26-27(17-22)40-15-14-39-26/h10-13,16-17,21,25H,3-9,14-15,18-19H2,1-2H3,(H,32,36)/t25-/m0/s1. The van der Waals surface area contributed by atoms with Gasteiger partial charge in [0.1, 0.15) is 25.8 Å². The zero-order valence-electron chi connectivity index (χ0n) is 23.4. The van der Waals surface area contributed by atoms with Gasteiger partial charge in [-0.15, -0.1) is 0 Å². The second-order valence-corrected chi connectivity index (χ2v) is 13.3. The molecule has 0 aromatic heterocycles. The Hall–Kier alpha value is -2.69. The van der Waals surface area contributed by atoms with E-state index in [1.807, 2.05) is 6.92 Å². The van der Waals surface area contributed by atoms with Crippen LogP contribution < -0.4 is 19.1 Å². The molecule has 2 aliphatic rings. The second-order valence-electron chi connectivity index (χ2n) is 10.3. The molecule has 0 saturated heterocycles. The number of nitrogens with one attached hydrogen (secondary N) is 1. The third-order valence-corrected chi connectivity index (χ3v) is 9.95. The van der Waals surface area contributed by atoms with Gasteiger partial charge in [-0.05, 0) is 56.0 Å². The highest BCUT2D eigenvalue weighted by atomic mass is 35.5. The first kappa shape index (κ1) is 31.3. The lowest BCUT2D eigenvalue weighted by Gasteiger charge is -2.34. The van der Waals surface area contributed by atoms with Crippen LogP contribution in [0.3, 0.4) is 0 Å². The lowest BCUT2D eigenvalue weighted by molar-refractivity contribution is -0.140. The number of rotatable bonds is 11. The number of halogens is 2. The van der Waals surface area contributed by atoms with E-state index in [-0.39, 0.29) is 29.9 Å². The summed E-state index contributed by atoms with van der Waals surface area (Å²) in [6.45, 7) is 3.64. The Balaban J connectivity index is 1.66. The summed E-state index contributed by atoms with van der Waals surface area (Å²) in [5.74, 6) is -0.0816. The fourth-order valence-electron chi connectivity index (χ4n) is 5.21. The summed E-state index contributed by atoms with van der Waals surface area (Å²) < 4.78 is 38.8. The number of sulfonamides is 1.